The van der Waals surface area contributed by atoms with Crippen LogP contribution in [-0.2, 0) is 0 Å². The molecule has 0 saturated heterocycles. The van der Waals surface area contributed by atoms with Crippen molar-refractivity contribution in [3.05, 3.63) is 210 Å². The normalized spacial score (nSPS) is 16.2. The second-order valence-electron chi connectivity index (χ2n) is 14.2. The maximum atomic E-state index is 16.4. The Morgan fingerprint density at radius 3 is 0.986 bits per heavy atom. The van der Waals surface area contributed by atoms with Gasteiger partial charge in [-0.25, -0.2) is 108 Å². The molecule has 0 unspecified atom stereocenters. The summed E-state index contributed by atoms with van der Waals surface area (Å²) in [5.74, 6) is -59.2. The Kier molecular flexibility index (Phi) is 11.8. The summed E-state index contributed by atoms with van der Waals surface area (Å²) in [7, 11) is 0. The molecule has 5 aliphatic heterocycles. The largest absolute Gasteiger partial charge is 0.249 e. The van der Waals surface area contributed by atoms with E-state index in [0.717, 1.165) is 18.2 Å². The molecule has 0 N–H and O–H groups in total. The molecule has 0 fully saturated rings. The van der Waals surface area contributed by atoms with Crippen LogP contribution in [0.4, 0.5) is 87.8 Å². The van der Waals surface area contributed by atoms with E-state index in [2.05, 4.69) is 20.0 Å². The van der Waals surface area contributed by atoms with Crippen LogP contribution in [0.2, 0.25) is 0 Å². The molecule has 0 spiro atoms. The first-order valence-electron chi connectivity index (χ1n) is 18.2. The predicted molar refractivity (Wildman–Crippen MR) is 209 cm³/mol. The quantitative estimate of drug-likeness (QED) is 0.0847. The van der Waals surface area contributed by atoms with E-state index in [-0.39, 0.29) is 34.5 Å². The SMILES string of the molecule is Fc1c(F)c(F)c(C2=CC3=CC4=NC(=CC5=NC(=CC6=NC(=C(c7c(F)c(F)c(F)c(F)c7F)C2=N3)C(c2c(F)c(F)c(F)c(F)c2F)=C6c2c(F)c(F)c(F)c(F)c2F)C=C5)C=C4)c(F)c1F.[AlH3]. The molecule has 5 aliphatic rings. The molecule has 350 valence electrons. The van der Waals surface area contributed by atoms with E-state index in [0.29, 0.717) is 12.2 Å². The number of hydrogen-bond donors (Lipinski definition) is 0. The number of hydrogen-bond acceptors (Lipinski definition) is 4. The summed E-state index contributed by atoms with van der Waals surface area (Å²) in [6.07, 6.45) is 7.20. The lowest BCUT2D eigenvalue weighted by Crippen LogP contribution is -2.17. The van der Waals surface area contributed by atoms with Crippen molar-refractivity contribution < 1.29 is 87.8 Å². The van der Waals surface area contributed by atoms with Gasteiger partial charge in [0.2, 0.25) is 23.3 Å². The van der Waals surface area contributed by atoms with Crippen molar-refractivity contribution in [1.29, 1.82) is 0 Å². The number of halogens is 20. The highest BCUT2D eigenvalue weighted by atomic mass is 27.0. The average molecular weight is 1000 g/mol. The number of nitrogens with zero attached hydrogens (tertiary/aromatic N) is 4. The minimum Gasteiger partial charge on any atom is -0.249 e. The van der Waals surface area contributed by atoms with Crippen LogP contribution in [0.5, 0.6) is 0 Å². The zero-order valence-electron chi connectivity index (χ0n) is 32.0. The molecule has 0 aliphatic carbocycles. The van der Waals surface area contributed by atoms with Crippen molar-refractivity contribution in [3.63, 3.8) is 0 Å². The Hall–Kier alpha value is -7.39. The van der Waals surface area contributed by atoms with Crippen molar-refractivity contribution in [1.82, 2.24) is 0 Å². The molecule has 0 saturated carbocycles. The van der Waals surface area contributed by atoms with Crippen LogP contribution in [0.3, 0.4) is 0 Å². The maximum Gasteiger partial charge on any atom is 0.200 e. The predicted octanol–water partition coefficient (Wildman–Crippen LogP) is 11.3. The second-order valence-corrected chi connectivity index (χ2v) is 14.2. The third-order valence-corrected chi connectivity index (χ3v) is 10.3. The van der Waals surface area contributed by atoms with Gasteiger partial charge in [0.15, 0.2) is 110 Å². The maximum absolute atomic E-state index is 16.4. The van der Waals surface area contributed by atoms with E-state index in [1.165, 1.54) is 18.2 Å². The van der Waals surface area contributed by atoms with Crippen LogP contribution in [0.15, 0.2) is 91.4 Å². The van der Waals surface area contributed by atoms with Crippen LogP contribution in [0.25, 0.3) is 22.3 Å². The van der Waals surface area contributed by atoms with E-state index in [4.69, 9.17) is 0 Å². The number of aliphatic imine (C=N–C) groups is 4. The smallest absolute Gasteiger partial charge is 0.200 e. The Balaban J connectivity index is 0.00000642. The van der Waals surface area contributed by atoms with Gasteiger partial charge in [-0.15, -0.1) is 0 Å². The molecule has 9 rings (SSSR count). The van der Waals surface area contributed by atoms with Gasteiger partial charge in [0.1, 0.15) is 0 Å². The van der Waals surface area contributed by atoms with Gasteiger partial charge in [-0.3, -0.25) is 0 Å². The fourth-order valence-corrected chi connectivity index (χ4v) is 7.37. The summed E-state index contributed by atoms with van der Waals surface area (Å²) in [6, 6.07) is 0. The summed E-state index contributed by atoms with van der Waals surface area (Å²) in [4.78, 5) is 15.8. The van der Waals surface area contributed by atoms with Crippen molar-refractivity contribution in [3.8, 4) is 0 Å². The molecule has 8 bridgehead atoms. The number of rotatable bonds is 4. The summed E-state index contributed by atoms with van der Waals surface area (Å²) in [5, 5.41) is 0. The number of fused-ring (bicyclic) bond motifs is 4. The standard InChI is InChI=1S/C44H8F20N4.Al.3H/c45-23-16(24(46)32(54)39(61)31(23)53)14-7-13-6-11-2-1-9(65-11)5-10-3-4-12(66-10)8-15-17(19-25(47)33(55)40(62)34(56)26(19)48)18(20-27(49)35(57)41(63)36(58)28(20)50)44(68-15)22(43(14)67-13)21-29(51)37(59)42(64)38(60)30(21)52;;;;/h1-8H;;;;. The van der Waals surface area contributed by atoms with Gasteiger partial charge < -0.3 is 0 Å². The van der Waals surface area contributed by atoms with Gasteiger partial charge in [-0.2, -0.15) is 0 Å². The van der Waals surface area contributed by atoms with Crippen molar-refractivity contribution in [2.45, 2.75) is 0 Å². The minimum atomic E-state index is -3.07. The van der Waals surface area contributed by atoms with Crippen LogP contribution >= 0.6 is 0 Å². The summed E-state index contributed by atoms with van der Waals surface area (Å²) >= 11 is 0. The molecule has 4 aromatic carbocycles. The summed E-state index contributed by atoms with van der Waals surface area (Å²) < 4.78 is 309. The van der Waals surface area contributed by atoms with Crippen molar-refractivity contribution >= 4 is 62.5 Å². The summed E-state index contributed by atoms with van der Waals surface area (Å²) in [5.41, 5.74) is -25.1. The molecule has 69 heavy (non-hydrogen) atoms. The van der Waals surface area contributed by atoms with Crippen LogP contribution in [0, 0.1) is 116 Å². The fraction of sp³-hybridized carbons (Fsp3) is 0. The van der Waals surface area contributed by atoms with Crippen LogP contribution in [-0.4, -0.2) is 40.2 Å². The summed E-state index contributed by atoms with van der Waals surface area (Å²) in [6.45, 7) is 0. The lowest BCUT2D eigenvalue weighted by molar-refractivity contribution is 0.375. The molecule has 4 nitrogen and oxygen atoms in total. The third kappa shape index (κ3) is 7.15. The molecule has 0 amide bonds. The van der Waals surface area contributed by atoms with E-state index >= 15 is 61.5 Å². The second kappa shape index (κ2) is 17.0. The highest BCUT2D eigenvalue weighted by Crippen LogP contribution is 2.51. The van der Waals surface area contributed by atoms with Crippen LogP contribution in [0.1, 0.15) is 22.3 Å². The van der Waals surface area contributed by atoms with Gasteiger partial charge in [-0.05, 0) is 48.6 Å². The first-order valence-corrected chi connectivity index (χ1v) is 18.2. The van der Waals surface area contributed by atoms with Crippen LogP contribution < -0.4 is 0 Å². The lowest BCUT2D eigenvalue weighted by atomic mass is 9.84. The van der Waals surface area contributed by atoms with E-state index in [9.17, 15) is 26.3 Å². The number of allylic oxidation sites excluding steroid dienone is 12. The minimum absolute atomic E-state index is 0. The molecular formula is C44H11AlF20N4. The van der Waals surface area contributed by atoms with Gasteiger partial charge in [0, 0.05) is 22.3 Å². The molecule has 0 atom stereocenters. The molecule has 25 heteroatoms. The fourth-order valence-electron chi connectivity index (χ4n) is 7.37. The third-order valence-electron chi connectivity index (χ3n) is 10.3. The molecule has 0 radical (unpaired) electrons. The first kappa shape index (κ1) is 48.1. The lowest BCUT2D eigenvalue weighted by Gasteiger charge is -2.20. The zero-order valence-corrected chi connectivity index (χ0v) is 32.0. The van der Waals surface area contributed by atoms with E-state index < -0.39 is 189 Å². The first-order chi connectivity index (χ1) is 32.0. The van der Waals surface area contributed by atoms with Gasteiger partial charge >= 0.3 is 0 Å². The highest BCUT2D eigenvalue weighted by molar-refractivity contribution is 6.50. The van der Waals surface area contributed by atoms with Gasteiger partial charge in [0.25, 0.3) is 0 Å². The van der Waals surface area contributed by atoms with Crippen molar-refractivity contribution in [2.75, 3.05) is 0 Å². The van der Waals surface area contributed by atoms with Crippen molar-refractivity contribution in [2.24, 2.45) is 20.0 Å². The topological polar surface area (TPSA) is 49.4 Å². The Morgan fingerprint density at radius 2 is 0.580 bits per heavy atom. The highest BCUT2D eigenvalue weighted by Gasteiger charge is 2.44. The Morgan fingerprint density at radius 1 is 0.261 bits per heavy atom. The zero-order chi connectivity index (χ0) is 49.3. The molecule has 5 heterocycles. The van der Waals surface area contributed by atoms with E-state index in [1.807, 2.05) is 0 Å². The van der Waals surface area contributed by atoms with Gasteiger partial charge in [0.05, 0.1) is 67.9 Å². The molecule has 0 aromatic heterocycles. The van der Waals surface area contributed by atoms with Gasteiger partial charge in [-0.1, -0.05) is 0 Å². The monoisotopic (exact) mass is 1000 g/mol. The molecule has 4 aromatic rings. The average Bonchev–Trinajstić information content (AvgIpc) is 4.13. The number of benzene rings is 4. The molecular weight excluding hydrogens is 991 g/mol. The Labute approximate surface area is 379 Å². The Bertz CT molecular complexity index is 3430. The van der Waals surface area contributed by atoms with E-state index in [1.54, 1.807) is 0 Å².